The molecule has 26 heavy (non-hydrogen) atoms. The zero-order valence-electron chi connectivity index (χ0n) is 15.7. The third-order valence-corrected chi connectivity index (χ3v) is 5.05. The van der Waals surface area contributed by atoms with Crippen LogP contribution in [0, 0.1) is 5.92 Å². The molecule has 1 amide bonds. The molecule has 2 aromatic rings. The lowest BCUT2D eigenvalue weighted by atomic mass is 9.93. The number of rotatable bonds is 6. The molecule has 0 spiro atoms. The molecule has 0 N–H and O–H groups in total. The van der Waals surface area contributed by atoms with Crippen molar-refractivity contribution in [3.05, 3.63) is 60.2 Å². The molecule has 0 bridgehead atoms. The topological polar surface area (TPSA) is 32.8 Å². The van der Waals surface area contributed by atoms with Gasteiger partial charge in [0.05, 0.1) is 6.61 Å². The Bertz CT molecular complexity index is 707. The Labute approximate surface area is 156 Å². The molecule has 4 nitrogen and oxygen atoms in total. The van der Waals surface area contributed by atoms with Gasteiger partial charge in [-0.25, -0.2) is 0 Å². The maximum absolute atomic E-state index is 12.8. The second-order valence-electron chi connectivity index (χ2n) is 7.13. The summed E-state index contributed by atoms with van der Waals surface area (Å²) in [7, 11) is 3.99. The van der Waals surface area contributed by atoms with Gasteiger partial charge in [-0.15, -0.1) is 0 Å². The minimum atomic E-state index is 0.146. The third kappa shape index (κ3) is 4.78. The molecule has 0 saturated carbocycles. The average molecular weight is 352 g/mol. The summed E-state index contributed by atoms with van der Waals surface area (Å²) in [6.45, 7) is 2.41. The first-order chi connectivity index (χ1) is 12.6. The van der Waals surface area contributed by atoms with Crippen LogP contribution in [-0.2, 0) is 0 Å². The van der Waals surface area contributed by atoms with Gasteiger partial charge in [0.2, 0.25) is 0 Å². The fraction of sp³-hybridized carbons (Fsp3) is 0.409. The van der Waals surface area contributed by atoms with Crippen LogP contribution in [0.2, 0.25) is 0 Å². The first kappa shape index (κ1) is 18.3. The van der Waals surface area contributed by atoms with Gasteiger partial charge in [0.15, 0.2) is 0 Å². The van der Waals surface area contributed by atoms with Crippen molar-refractivity contribution in [2.45, 2.75) is 19.3 Å². The highest BCUT2D eigenvalue weighted by atomic mass is 16.5. The van der Waals surface area contributed by atoms with E-state index in [1.165, 1.54) is 0 Å². The van der Waals surface area contributed by atoms with Gasteiger partial charge in [0.1, 0.15) is 5.75 Å². The fourth-order valence-electron chi connectivity index (χ4n) is 3.38. The maximum Gasteiger partial charge on any atom is 0.253 e. The summed E-state index contributed by atoms with van der Waals surface area (Å²) < 4.78 is 5.80. The molecule has 2 aromatic carbocycles. The van der Waals surface area contributed by atoms with E-state index in [-0.39, 0.29) is 5.91 Å². The van der Waals surface area contributed by atoms with Crippen molar-refractivity contribution in [1.29, 1.82) is 0 Å². The van der Waals surface area contributed by atoms with E-state index in [0.717, 1.165) is 56.0 Å². The molecule has 0 unspecified atom stereocenters. The van der Waals surface area contributed by atoms with Gasteiger partial charge in [0, 0.05) is 38.4 Å². The zero-order valence-corrected chi connectivity index (χ0v) is 15.7. The smallest absolute Gasteiger partial charge is 0.253 e. The number of ether oxygens (including phenoxy) is 1. The average Bonchev–Trinajstić information content (AvgIpc) is 2.69. The molecular formula is C22H28N2O2. The number of para-hydroxylation sites is 1. The Kier molecular flexibility index (Phi) is 6.16. The largest absolute Gasteiger partial charge is 0.494 e. The van der Waals surface area contributed by atoms with Crippen LogP contribution in [0.4, 0.5) is 5.69 Å². The van der Waals surface area contributed by atoms with E-state index in [1.807, 2.05) is 78.5 Å². The van der Waals surface area contributed by atoms with Crippen molar-refractivity contribution in [2.75, 3.05) is 38.7 Å². The zero-order chi connectivity index (χ0) is 18.4. The first-order valence-corrected chi connectivity index (χ1v) is 9.38. The molecule has 1 aliphatic rings. The van der Waals surface area contributed by atoms with E-state index in [0.29, 0.717) is 5.92 Å². The van der Waals surface area contributed by atoms with Crippen molar-refractivity contribution in [3.63, 3.8) is 0 Å². The van der Waals surface area contributed by atoms with Gasteiger partial charge < -0.3 is 14.5 Å². The van der Waals surface area contributed by atoms with E-state index >= 15 is 0 Å². The molecule has 0 atom stereocenters. The van der Waals surface area contributed by atoms with E-state index in [2.05, 4.69) is 0 Å². The number of benzene rings is 2. The molecule has 0 aliphatic carbocycles. The lowest BCUT2D eigenvalue weighted by Crippen LogP contribution is -2.38. The van der Waals surface area contributed by atoms with Crippen LogP contribution in [0.5, 0.6) is 5.75 Å². The summed E-state index contributed by atoms with van der Waals surface area (Å²) >= 11 is 0. The predicted octanol–water partition coefficient (Wildman–Crippen LogP) is 4.07. The molecule has 1 saturated heterocycles. The van der Waals surface area contributed by atoms with Crippen LogP contribution < -0.4 is 9.64 Å². The number of carbonyl (C=O) groups is 1. The Morgan fingerprint density at radius 2 is 1.81 bits per heavy atom. The van der Waals surface area contributed by atoms with Crippen molar-refractivity contribution in [2.24, 2.45) is 5.92 Å². The lowest BCUT2D eigenvalue weighted by Gasteiger charge is -2.32. The quantitative estimate of drug-likeness (QED) is 0.785. The van der Waals surface area contributed by atoms with Crippen LogP contribution in [0.25, 0.3) is 0 Å². The van der Waals surface area contributed by atoms with Crippen LogP contribution in [0.3, 0.4) is 0 Å². The summed E-state index contributed by atoms with van der Waals surface area (Å²) in [4.78, 5) is 16.8. The minimum Gasteiger partial charge on any atom is -0.494 e. The summed E-state index contributed by atoms with van der Waals surface area (Å²) in [5.41, 5.74) is 1.84. The summed E-state index contributed by atoms with van der Waals surface area (Å²) in [5.74, 6) is 1.71. The Hall–Kier alpha value is -2.49. The normalized spacial score (nSPS) is 14.9. The molecule has 1 heterocycles. The summed E-state index contributed by atoms with van der Waals surface area (Å²) in [5, 5.41) is 0. The van der Waals surface area contributed by atoms with Crippen molar-refractivity contribution >= 4 is 11.6 Å². The molecule has 138 valence electrons. The number of amides is 1. The molecule has 0 radical (unpaired) electrons. The van der Waals surface area contributed by atoms with Gasteiger partial charge in [-0.2, -0.15) is 0 Å². The highest BCUT2D eigenvalue weighted by Gasteiger charge is 2.23. The Morgan fingerprint density at radius 1 is 1.08 bits per heavy atom. The first-order valence-electron chi connectivity index (χ1n) is 9.38. The van der Waals surface area contributed by atoms with E-state index in [4.69, 9.17) is 4.74 Å². The monoisotopic (exact) mass is 352 g/mol. The predicted molar refractivity (Wildman–Crippen MR) is 106 cm³/mol. The highest BCUT2D eigenvalue weighted by molar-refractivity contribution is 5.95. The van der Waals surface area contributed by atoms with Gasteiger partial charge in [-0.05, 0) is 55.5 Å². The molecule has 3 rings (SSSR count). The maximum atomic E-state index is 12.8. The molecule has 0 aromatic heterocycles. The second kappa shape index (κ2) is 8.75. The number of hydrogen-bond donors (Lipinski definition) is 0. The molecule has 1 aliphatic heterocycles. The molecule has 1 fully saturated rings. The Balaban J connectivity index is 1.46. The van der Waals surface area contributed by atoms with Crippen LogP contribution in [0.15, 0.2) is 54.6 Å². The van der Waals surface area contributed by atoms with Crippen LogP contribution in [-0.4, -0.2) is 44.6 Å². The van der Waals surface area contributed by atoms with Gasteiger partial charge in [-0.1, -0.05) is 24.3 Å². The lowest BCUT2D eigenvalue weighted by molar-refractivity contribution is 0.0680. The number of hydrogen-bond acceptors (Lipinski definition) is 3. The van der Waals surface area contributed by atoms with Crippen molar-refractivity contribution in [1.82, 2.24) is 4.90 Å². The van der Waals surface area contributed by atoms with Crippen LogP contribution >= 0.6 is 0 Å². The third-order valence-electron chi connectivity index (χ3n) is 5.05. The summed E-state index contributed by atoms with van der Waals surface area (Å²) in [6, 6.07) is 17.8. The standard InChI is InChI=1S/C22H28N2O2/c1-23(2)20-8-6-7-19(17-20)22(25)24-14-11-18(12-15-24)13-16-26-21-9-4-3-5-10-21/h3-10,17-18H,11-16H2,1-2H3. The Morgan fingerprint density at radius 3 is 2.50 bits per heavy atom. The molecule has 4 heteroatoms. The van der Waals surface area contributed by atoms with Crippen molar-refractivity contribution < 1.29 is 9.53 Å². The highest BCUT2D eigenvalue weighted by Crippen LogP contribution is 2.23. The number of piperidine rings is 1. The SMILES string of the molecule is CN(C)c1cccc(C(=O)N2CCC(CCOc3ccccc3)CC2)c1. The van der Waals surface area contributed by atoms with Crippen molar-refractivity contribution in [3.8, 4) is 5.75 Å². The number of likely N-dealkylation sites (tertiary alicyclic amines) is 1. The van der Waals surface area contributed by atoms with E-state index < -0.39 is 0 Å². The van der Waals surface area contributed by atoms with Gasteiger partial charge in [-0.3, -0.25) is 4.79 Å². The van der Waals surface area contributed by atoms with Crippen LogP contribution in [0.1, 0.15) is 29.6 Å². The number of anilines is 1. The summed E-state index contributed by atoms with van der Waals surface area (Å²) in [6.07, 6.45) is 3.15. The van der Waals surface area contributed by atoms with E-state index in [1.54, 1.807) is 0 Å². The number of carbonyl (C=O) groups excluding carboxylic acids is 1. The van der Waals surface area contributed by atoms with Gasteiger partial charge >= 0.3 is 0 Å². The number of nitrogens with zero attached hydrogens (tertiary/aromatic N) is 2. The fourth-order valence-corrected chi connectivity index (χ4v) is 3.38. The van der Waals surface area contributed by atoms with E-state index in [9.17, 15) is 4.79 Å². The van der Waals surface area contributed by atoms with Gasteiger partial charge in [0.25, 0.3) is 5.91 Å². The second-order valence-corrected chi connectivity index (χ2v) is 7.13. The minimum absolute atomic E-state index is 0.146. The molecular weight excluding hydrogens is 324 g/mol.